The number of fused-ring (bicyclic) bond motifs is 1. The number of rotatable bonds is 5. The highest BCUT2D eigenvalue weighted by atomic mass is 35.5. The van der Waals surface area contributed by atoms with E-state index < -0.39 is 6.36 Å². The minimum absolute atomic E-state index is 0.141. The lowest BCUT2D eigenvalue weighted by Gasteiger charge is -2.10. The summed E-state index contributed by atoms with van der Waals surface area (Å²) in [5.41, 5.74) is 2.24. The lowest BCUT2D eigenvalue weighted by atomic mass is 10.2. The zero-order valence-electron chi connectivity index (χ0n) is 14.2. The Hall–Kier alpha value is -2.74. The zero-order valence-corrected chi connectivity index (χ0v) is 14.9. The van der Waals surface area contributed by atoms with Gasteiger partial charge in [-0.3, -0.25) is 9.20 Å². The fourth-order valence-corrected chi connectivity index (χ4v) is 2.79. The van der Waals surface area contributed by atoms with Crippen molar-refractivity contribution in [2.75, 3.05) is 0 Å². The number of aromatic nitrogens is 2. The number of nitrogens with zero attached hydrogens (tertiary/aromatic N) is 2. The predicted molar refractivity (Wildman–Crippen MR) is 93.9 cm³/mol. The molecule has 0 aliphatic rings. The number of halogens is 4. The lowest BCUT2D eigenvalue weighted by molar-refractivity contribution is -0.274. The van der Waals surface area contributed by atoms with Gasteiger partial charge in [0, 0.05) is 12.7 Å². The second-order valence-electron chi connectivity index (χ2n) is 5.71. The summed E-state index contributed by atoms with van der Waals surface area (Å²) in [6.45, 7) is 2.03. The first-order valence-corrected chi connectivity index (χ1v) is 8.44. The summed E-state index contributed by atoms with van der Waals surface area (Å²) in [7, 11) is 0. The van der Waals surface area contributed by atoms with Gasteiger partial charge >= 0.3 is 6.36 Å². The fraction of sp³-hybridized carbons (Fsp3) is 0.222. The van der Waals surface area contributed by atoms with Crippen molar-refractivity contribution >= 4 is 23.2 Å². The van der Waals surface area contributed by atoms with Crippen molar-refractivity contribution in [3.63, 3.8) is 0 Å². The van der Waals surface area contributed by atoms with Gasteiger partial charge in [0.1, 0.15) is 17.1 Å². The Bertz CT molecular complexity index is 968. The number of carbonyl (C=O) groups is 1. The molecule has 0 saturated heterocycles. The zero-order chi connectivity index (χ0) is 19.6. The Balaban J connectivity index is 1.74. The molecule has 1 aromatic carbocycles. The molecule has 0 saturated carbocycles. The minimum Gasteiger partial charge on any atom is -0.406 e. The van der Waals surface area contributed by atoms with Crippen molar-refractivity contribution in [1.29, 1.82) is 0 Å². The molecule has 0 unspecified atom stereocenters. The highest BCUT2D eigenvalue weighted by Crippen LogP contribution is 2.23. The fourth-order valence-electron chi connectivity index (χ4n) is 2.63. The van der Waals surface area contributed by atoms with Crippen molar-refractivity contribution in [3.8, 4) is 5.75 Å². The number of hydrogen-bond donors (Lipinski definition) is 1. The van der Waals surface area contributed by atoms with Crippen molar-refractivity contribution in [2.45, 2.75) is 26.3 Å². The number of pyridine rings is 1. The number of imidazole rings is 1. The van der Waals surface area contributed by atoms with E-state index in [0.717, 1.165) is 0 Å². The number of ether oxygens (including phenoxy) is 1. The average molecular weight is 398 g/mol. The third-order valence-corrected chi connectivity index (χ3v) is 4.04. The molecule has 0 aliphatic carbocycles. The molecule has 0 spiro atoms. The molecule has 1 amide bonds. The smallest absolute Gasteiger partial charge is 0.406 e. The number of hydrogen-bond acceptors (Lipinski definition) is 3. The van der Waals surface area contributed by atoms with E-state index in [4.69, 9.17) is 11.6 Å². The maximum absolute atomic E-state index is 12.7. The van der Waals surface area contributed by atoms with Gasteiger partial charge in [0.2, 0.25) is 0 Å². The Labute approximate surface area is 157 Å². The Morgan fingerprint density at radius 1 is 1.22 bits per heavy atom. The second-order valence-corrected chi connectivity index (χ2v) is 6.15. The quantitative estimate of drug-likeness (QED) is 0.695. The predicted octanol–water partition coefficient (Wildman–Crippen LogP) is 4.38. The van der Waals surface area contributed by atoms with E-state index in [9.17, 15) is 18.0 Å². The number of alkyl halides is 3. The Kier molecular flexibility index (Phi) is 5.27. The average Bonchev–Trinajstić information content (AvgIpc) is 2.97. The normalized spacial score (nSPS) is 11.6. The van der Waals surface area contributed by atoms with Crippen LogP contribution in [0.4, 0.5) is 13.2 Å². The first kappa shape index (κ1) is 19.0. The summed E-state index contributed by atoms with van der Waals surface area (Å²) >= 11 is 6.01. The van der Waals surface area contributed by atoms with E-state index in [-0.39, 0.29) is 18.2 Å². The van der Waals surface area contributed by atoms with Gasteiger partial charge in [0.05, 0.1) is 10.7 Å². The first-order chi connectivity index (χ1) is 12.8. The van der Waals surface area contributed by atoms with Crippen LogP contribution >= 0.6 is 11.6 Å². The molecule has 27 heavy (non-hydrogen) atoms. The van der Waals surface area contributed by atoms with E-state index in [1.807, 2.05) is 6.92 Å². The van der Waals surface area contributed by atoms with Crippen LogP contribution in [0.5, 0.6) is 5.75 Å². The van der Waals surface area contributed by atoms with Crippen LogP contribution in [0.3, 0.4) is 0 Å². The maximum atomic E-state index is 12.7. The summed E-state index contributed by atoms with van der Waals surface area (Å²) in [5.74, 6) is -0.667. The monoisotopic (exact) mass is 397 g/mol. The molecular formula is C18H15ClF3N3O2. The van der Waals surface area contributed by atoms with Crippen LogP contribution in [-0.2, 0) is 13.0 Å². The number of amides is 1. The number of carbonyl (C=O) groups excluding carboxylic acids is 1. The van der Waals surface area contributed by atoms with Crippen LogP contribution < -0.4 is 10.1 Å². The van der Waals surface area contributed by atoms with E-state index in [1.165, 1.54) is 24.3 Å². The van der Waals surface area contributed by atoms with Gasteiger partial charge in [-0.15, -0.1) is 13.2 Å². The van der Waals surface area contributed by atoms with E-state index in [2.05, 4.69) is 15.0 Å². The molecule has 2 heterocycles. The Morgan fingerprint density at radius 2 is 1.93 bits per heavy atom. The summed E-state index contributed by atoms with van der Waals surface area (Å²) < 4.78 is 42.0. The lowest BCUT2D eigenvalue weighted by Crippen LogP contribution is -2.25. The van der Waals surface area contributed by atoms with Crippen LogP contribution in [0.1, 0.15) is 28.7 Å². The standard InChI is InChI=1S/C18H15ClF3N3O2/c1-2-14-16(25-10-12(19)5-8-15(25)24-14)17(26)23-9-11-3-6-13(7-4-11)27-18(20,21)22/h3-8,10H,2,9H2,1H3,(H,23,26). The van der Waals surface area contributed by atoms with Crippen molar-refractivity contribution in [2.24, 2.45) is 0 Å². The van der Waals surface area contributed by atoms with Crippen LogP contribution in [0.15, 0.2) is 42.6 Å². The third-order valence-electron chi connectivity index (χ3n) is 3.81. The molecule has 0 radical (unpaired) electrons. The summed E-state index contributed by atoms with van der Waals surface area (Å²) in [6.07, 6.45) is -2.57. The molecule has 2 aromatic heterocycles. The van der Waals surface area contributed by atoms with Gasteiger partial charge in [-0.2, -0.15) is 0 Å². The summed E-state index contributed by atoms with van der Waals surface area (Å²) in [6, 6.07) is 8.70. The van der Waals surface area contributed by atoms with Gasteiger partial charge in [-0.25, -0.2) is 4.98 Å². The van der Waals surface area contributed by atoms with E-state index >= 15 is 0 Å². The van der Waals surface area contributed by atoms with Crippen molar-refractivity contribution < 1.29 is 22.7 Å². The van der Waals surface area contributed by atoms with E-state index in [0.29, 0.717) is 34.0 Å². The molecule has 142 valence electrons. The van der Waals surface area contributed by atoms with Gasteiger partial charge in [-0.1, -0.05) is 30.7 Å². The summed E-state index contributed by atoms with van der Waals surface area (Å²) in [4.78, 5) is 17.1. The molecule has 9 heteroatoms. The molecule has 0 bridgehead atoms. The second kappa shape index (κ2) is 7.48. The van der Waals surface area contributed by atoms with E-state index in [1.54, 1.807) is 22.7 Å². The van der Waals surface area contributed by atoms with Crippen LogP contribution in [0.2, 0.25) is 5.02 Å². The highest BCUT2D eigenvalue weighted by molar-refractivity contribution is 6.30. The topological polar surface area (TPSA) is 55.6 Å². The van der Waals surface area contributed by atoms with Crippen LogP contribution in [0.25, 0.3) is 5.65 Å². The first-order valence-electron chi connectivity index (χ1n) is 8.06. The van der Waals surface area contributed by atoms with Gasteiger partial charge in [0.15, 0.2) is 0 Å². The van der Waals surface area contributed by atoms with Crippen LogP contribution in [0, 0.1) is 0 Å². The number of aryl methyl sites for hydroxylation is 1. The molecule has 0 fully saturated rings. The molecule has 3 rings (SSSR count). The number of nitrogens with one attached hydrogen (secondary N) is 1. The highest BCUT2D eigenvalue weighted by Gasteiger charge is 2.30. The SMILES string of the molecule is CCc1nc2ccc(Cl)cn2c1C(=O)NCc1ccc(OC(F)(F)F)cc1. The molecule has 0 aliphatic heterocycles. The summed E-state index contributed by atoms with van der Waals surface area (Å²) in [5, 5.41) is 3.22. The molecular weight excluding hydrogens is 383 g/mol. The molecule has 5 nitrogen and oxygen atoms in total. The third kappa shape index (κ3) is 4.51. The molecule has 3 aromatic rings. The molecule has 1 N–H and O–H groups in total. The maximum Gasteiger partial charge on any atom is 0.573 e. The van der Waals surface area contributed by atoms with Crippen molar-refractivity contribution in [1.82, 2.24) is 14.7 Å². The number of benzene rings is 1. The minimum atomic E-state index is -4.74. The van der Waals surface area contributed by atoms with Gasteiger partial charge in [0.25, 0.3) is 5.91 Å². The molecule has 0 atom stereocenters. The van der Waals surface area contributed by atoms with Crippen molar-refractivity contribution in [3.05, 3.63) is 64.6 Å². The Morgan fingerprint density at radius 3 is 2.56 bits per heavy atom. The van der Waals surface area contributed by atoms with Crippen LogP contribution in [-0.4, -0.2) is 21.7 Å². The van der Waals surface area contributed by atoms with Gasteiger partial charge < -0.3 is 10.1 Å². The largest absolute Gasteiger partial charge is 0.573 e. The van der Waals surface area contributed by atoms with Gasteiger partial charge in [-0.05, 0) is 36.2 Å².